The Morgan fingerprint density at radius 3 is 2.93 bits per heavy atom. The highest BCUT2D eigenvalue weighted by Gasteiger charge is 2.12. The Morgan fingerprint density at radius 1 is 1.80 bits per heavy atom. The fourth-order valence-electron chi connectivity index (χ4n) is 0.830. The summed E-state index contributed by atoms with van der Waals surface area (Å²) in [5.41, 5.74) is -0.0529. The monoisotopic (exact) mass is 292 g/mol. The van der Waals surface area contributed by atoms with Gasteiger partial charge in [-0.15, -0.1) is 0 Å². The summed E-state index contributed by atoms with van der Waals surface area (Å²) in [6, 6.07) is 1.40. The van der Waals surface area contributed by atoms with E-state index in [0.717, 1.165) is 0 Å². The smallest absolute Gasteiger partial charge is 0.288 e. The SMILES string of the molecule is CC(CO)Sc1ncc([N+](=O)[O-])cc1Br. The third kappa shape index (κ3) is 3.44. The molecule has 0 aromatic carbocycles. The Labute approximate surface area is 99.2 Å². The third-order valence-corrected chi connectivity index (χ3v) is 3.54. The molecule has 1 atom stereocenters. The average Bonchev–Trinajstić information content (AvgIpc) is 2.20. The van der Waals surface area contributed by atoms with Crippen LogP contribution in [0.1, 0.15) is 6.92 Å². The molecule has 0 aliphatic rings. The van der Waals surface area contributed by atoms with Crippen LogP contribution in [0.3, 0.4) is 0 Å². The molecule has 0 radical (unpaired) electrons. The maximum atomic E-state index is 10.4. The lowest BCUT2D eigenvalue weighted by molar-refractivity contribution is -0.385. The molecule has 0 aliphatic heterocycles. The first-order valence-electron chi connectivity index (χ1n) is 4.12. The summed E-state index contributed by atoms with van der Waals surface area (Å²) in [7, 11) is 0. The first kappa shape index (κ1) is 12.4. The molecule has 82 valence electrons. The minimum Gasteiger partial charge on any atom is -0.395 e. The zero-order chi connectivity index (χ0) is 11.4. The van der Waals surface area contributed by atoms with Crippen molar-refractivity contribution in [3.63, 3.8) is 0 Å². The average molecular weight is 293 g/mol. The van der Waals surface area contributed by atoms with E-state index in [4.69, 9.17) is 5.11 Å². The van der Waals surface area contributed by atoms with Crippen molar-refractivity contribution >= 4 is 33.4 Å². The molecule has 15 heavy (non-hydrogen) atoms. The molecule has 0 saturated heterocycles. The number of halogens is 1. The van der Waals surface area contributed by atoms with Crippen molar-refractivity contribution in [2.45, 2.75) is 17.2 Å². The lowest BCUT2D eigenvalue weighted by Crippen LogP contribution is -2.02. The van der Waals surface area contributed by atoms with Crippen LogP contribution in [0.15, 0.2) is 21.8 Å². The maximum absolute atomic E-state index is 10.4. The van der Waals surface area contributed by atoms with Crippen molar-refractivity contribution in [2.24, 2.45) is 0 Å². The summed E-state index contributed by atoms with van der Waals surface area (Å²) in [4.78, 5) is 13.9. The number of hydrogen-bond donors (Lipinski definition) is 1. The van der Waals surface area contributed by atoms with Gasteiger partial charge < -0.3 is 5.11 Å². The van der Waals surface area contributed by atoms with Crippen LogP contribution in [0.5, 0.6) is 0 Å². The van der Waals surface area contributed by atoms with Crippen LogP contribution >= 0.6 is 27.7 Å². The third-order valence-electron chi connectivity index (χ3n) is 1.57. The van der Waals surface area contributed by atoms with Gasteiger partial charge in [-0.25, -0.2) is 4.98 Å². The van der Waals surface area contributed by atoms with Crippen molar-refractivity contribution in [1.82, 2.24) is 4.98 Å². The standard InChI is InChI=1S/C8H9BrN2O3S/c1-5(4-12)15-8-7(9)2-6(3-10-8)11(13)14/h2-3,5,12H,4H2,1H3. The molecule has 0 aliphatic carbocycles. The molecule has 1 heterocycles. The molecule has 0 saturated carbocycles. The second-order valence-electron chi connectivity index (χ2n) is 2.85. The minimum absolute atomic E-state index is 0.00950. The summed E-state index contributed by atoms with van der Waals surface area (Å²) in [5.74, 6) is 0. The number of pyridine rings is 1. The summed E-state index contributed by atoms with van der Waals surface area (Å²) in [6.45, 7) is 1.88. The van der Waals surface area contributed by atoms with Gasteiger partial charge in [-0.05, 0) is 15.9 Å². The maximum Gasteiger partial charge on any atom is 0.288 e. The van der Waals surface area contributed by atoms with E-state index in [0.29, 0.717) is 9.50 Å². The van der Waals surface area contributed by atoms with E-state index in [9.17, 15) is 10.1 Å². The highest BCUT2D eigenvalue weighted by molar-refractivity contribution is 9.10. The molecule has 0 amide bonds. The topological polar surface area (TPSA) is 76.3 Å². The normalized spacial score (nSPS) is 12.5. The van der Waals surface area contributed by atoms with Gasteiger partial charge in [-0.1, -0.05) is 18.7 Å². The Kier molecular flexibility index (Phi) is 4.49. The quantitative estimate of drug-likeness (QED) is 0.523. The zero-order valence-corrected chi connectivity index (χ0v) is 10.3. The zero-order valence-electron chi connectivity index (χ0n) is 7.88. The van der Waals surface area contributed by atoms with Crippen molar-refractivity contribution < 1.29 is 10.0 Å². The first-order valence-corrected chi connectivity index (χ1v) is 5.79. The first-order chi connectivity index (χ1) is 7.04. The molecule has 0 fully saturated rings. The summed E-state index contributed by atoms with van der Waals surface area (Å²) < 4.78 is 0.571. The molecule has 1 N–H and O–H groups in total. The van der Waals surface area contributed by atoms with Gasteiger partial charge in [0.2, 0.25) is 0 Å². The van der Waals surface area contributed by atoms with Crippen LogP contribution in [0, 0.1) is 10.1 Å². The molecule has 5 nitrogen and oxygen atoms in total. The molecule has 1 rings (SSSR count). The Hall–Kier alpha value is -0.660. The van der Waals surface area contributed by atoms with Gasteiger partial charge in [0.1, 0.15) is 11.2 Å². The number of aliphatic hydroxyl groups is 1. The highest BCUT2D eigenvalue weighted by Crippen LogP contribution is 2.30. The van der Waals surface area contributed by atoms with E-state index < -0.39 is 4.92 Å². The molecule has 1 aromatic rings. The van der Waals surface area contributed by atoms with E-state index in [2.05, 4.69) is 20.9 Å². The van der Waals surface area contributed by atoms with Gasteiger partial charge in [-0.3, -0.25) is 10.1 Å². The van der Waals surface area contributed by atoms with Crippen LogP contribution in [-0.4, -0.2) is 26.9 Å². The molecule has 1 aromatic heterocycles. The van der Waals surface area contributed by atoms with E-state index in [1.807, 2.05) is 6.92 Å². The second kappa shape index (κ2) is 5.43. The molecule has 1 unspecified atom stereocenters. The fourth-order valence-corrected chi connectivity index (χ4v) is 2.19. The number of rotatable bonds is 4. The lowest BCUT2D eigenvalue weighted by atomic mass is 10.4. The van der Waals surface area contributed by atoms with E-state index in [-0.39, 0.29) is 17.5 Å². The van der Waals surface area contributed by atoms with Crippen LogP contribution in [0.4, 0.5) is 5.69 Å². The number of aliphatic hydroxyl groups excluding tert-OH is 1. The number of nitro groups is 1. The molecular weight excluding hydrogens is 284 g/mol. The molecule has 0 spiro atoms. The van der Waals surface area contributed by atoms with Crippen molar-refractivity contribution in [3.05, 3.63) is 26.9 Å². The van der Waals surface area contributed by atoms with Crippen molar-refractivity contribution in [3.8, 4) is 0 Å². The van der Waals surface area contributed by atoms with Gasteiger partial charge in [0.05, 0.1) is 16.0 Å². The van der Waals surface area contributed by atoms with Gasteiger partial charge in [0, 0.05) is 11.3 Å². The Morgan fingerprint density at radius 2 is 2.47 bits per heavy atom. The van der Waals surface area contributed by atoms with Gasteiger partial charge in [-0.2, -0.15) is 0 Å². The van der Waals surface area contributed by atoms with Crippen LogP contribution in [0.25, 0.3) is 0 Å². The van der Waals surface area contributed by atoms with E-state index >= 15 is 0 Å². The number of nitrogens with zero attached hydrogens (tertiary/aromatic N) is 2. The Bertz CT molecular complexity index is 375. The Balaban J connectivity index is 2.88. The summed E-state index contributed by atoms with van der Waals surface area (Å²) in [5, 5.41) is 19.9. The van der Waals surface area contributed by atoms with E-state index in [1.165, 1.54) is 24.0 Å². The molecule has 7 heteroatoms. The fraction of sp³-hybridized carbons (Fsp3) is 0.375. The van der Waals surface area contributed by atoms with Crippen LogP contribution in [0.2, 0.25) is 0 Å². The number of aromatic nitrogens is 1. The number of hydrogen-bond acceptors (Lipinski definition) is 5. The molecule has 0 bridgehead atoms. The predicted molar refractivity (Wildman–Crippen MR) is 61.0 cm³/mol. The van der Waals surface area contributed by atoms with Gasteiger partial charge >= 0.3 is 0 Å². The van der Waals surface area contributed by atoms with Gasteiger partial charge in [0.25, 0.3) is 5.69 Å². The number of thioether (sulfide) groups is 1. The van der Waals surface area contributed by atoms with Crippen LogP contribution < -0.4 is 0 Å². The molecular formula is C8H9BrN2O3S. The lowest BCUT2D eigenvalue weighted by Gasteiger charge is -2.07. The van der Waals surface area contributed by atoms with Crippen molar-refractivity contribution in [2.75, 3.05) is 6.61 Å². The minimum atomic E-state index is -0.498. The predicted octanol–water partition coefficient (Wildman–Crippen LogP) is 2.23. The van der Waals surface area contributed by atoms with Crippen LogP contribution in [-0.2, 0) is 0 Å². The van der Waals surface area contributed by atoms with E-state index in [1.54, 1.807) is 0 Å². The largest absolute Gasteiger partial charge is 0.395 e. The highest BCUT2D eigenvalue weighted by atomic mass is 79.9. The summed E-state index contributed by atoms with van der Waals surface area (Å²) >= 11 is 4.56. The van der Waals surface area contributed by atoms with Crippen molar-refractivity contribution in [1.29, 1.82) is 0 Å². The second-order valence-corrected chi connectivity index (χ2v) is 5.13. The summed E-state index contributed by atoms with van der Waals surface area (Å²) in [6.07, 6.45) is 1.21. The van der Waals surface area contributed by atoms with Gasteiger partial charge in [0.15, 0.2) is 0 Å².